The third kappa shape index (κ3) is 4.58. The molecule has 2 aromatic carbocycles. The minimum atomic E-state index is -4.44. The molecule has 0 unspecified atom stereocenters. The van der Waals surface area contributed by atoms with Gasteiger partial charge >= 0.3 is 6.18 Å². The van der Waals surface area contributed by atoms with Crippen molar-refractivity contribution in [3.8, 4) is 17.1 Å². The lowest BCUT2D eigenvalue weighted by molar-refractivity contribution is -0.137. The Hall–Kier alpha value is -3.04. The number of nitrogens with zero attached hydrogens (tertiary/aromatic N) is 1. The van der Waals surface area contributed by atoms with Crippen LogP contribution >= 0.6 is 24.0 Å². The third-order valence-electron chi connectivity index (χ3n) is 4.57. The number of alkyl halides is 3. The molecule has 0 bridgehead atoms. The van der Waals surface area contributed by atoms with E-state index in [1.54, 1.807) is 42.5 Å². The zero-order chi connectivity index (χ0) is 22.9. The number of hydrogen-bond donors (Lipinski definition) is 0. The van der Waals surface area contributed by atoms with E-state index in [0.29, 0.717) is 39.3 Å². The molecule has 1 aliphatic heterocycles. The van der Waals surface area contributed by atoms with Crippen LogP contribution in [0.15, 0.2) is 70.0 Å². The fourth-order valence-electron chi connectivity index (χ4n) is 3.11. The van der Waals surface area contributed by atoms with E-state index in [9.17, 15) is 18.0 Å². The van der Waals surface area contributed by atoms with Gasteiger partial charge < -0.3 is 9.15 Å². The second-order valence-electron chi connectivity index (χ2n) is 6.72. The van der Waals surface area contributed by atoms with Crippen molar-refractivity contribution >= 4 is 46.0 Å². The third-order valence-corrected chi connectivity index (χ3v) is 5.99. The number of anilines is 1. The van der Waals surface area contributed by atoms with Gasteiger partial charge in [0, 0.05) is 5.56 Å². The van der Waals surface area contributed by atoms with Crippen LogP contribution in [0.2, 0.25) is 0 Å². The molecule has 4 rings (SSSR count). The highest BCUT2D eigenvalue weighted by molar-refractivity contribution is 8.20. The molecule has 3 aromatic rings. The minimum Gasteiger partial charge on any atom is -0.494 e. The number of furan rings is 1. The Morgan fingerprint density at radius 1 is 1.12 bits per heavy atom. The van der Waals surface area contributed by atoms with E-state index in [0.717, 1.165) is 23.9 Å². The first-order chi connectivity index (χ1) is 15.3. The second kappa shape index (κ2) is 8.84. The van der Waals surface area contributed by atoms with E-state index in [-0.39, 0.29) is 11.0 Å². The van der Waals surface area contributed by atoms with Gasteiger partial charge in [-0.2, -0.15) is 13.2 Å². The number of halogens is 3. The fourth-order valence-corrected chi connectivity index (χ4v) is 4.37. The lowest BCUT2D eigenvalue weighted by Gasteiger charge is -2.15. The van der Waals surface area contributed by atoms with Gasteiger partial charge in [0.2, 0.25) is 0 Å². The lowest BCUT2D eigenvalue weighted by Crippen LogP contribution is -2.26. The summed E-state index contributed by atoms with van der Waals surface area (Å²) in [5, 5.41) is -0.255. The number of ether oxygens (including phenoxy) is 1. The van der Waals surface area contributed by atoms with Crippen molar-refractivity contribution in [2.24, 2.45) is 0 Å². The van der Waals surface area contributed by atoms with Crippen molar-refractivity contribution in [1.82, 2.24) is 0 Å². The largest absolute Gasteiger partial charge is 0.494 e. The van der Waals surface area contributed by atoms with Crippen LogP contribution in [-0.4, -0.2) is 16.8 Å². The topological polar surface area (TPSA) is 42.7 Å². The van der Waals surface area contributed by atoms with Crippen LogP contribution in [0.3, 0.4) is 0 Å². The highest BCUT2D eigenvalue weighted by atomic mass is 32.2. The fraction of sp³-hybridized carbons (Fsp3) is 0.130. The van der Waals surface area contributed by atoms with Gasteiger partial charge in [-0.3, -0.25) is 9.69 Å². The highest BCUT2D eigenvalue weighted by Crippen LogP contribution is 2.38. The summed E-state index contributed by atoms with van der Waals surface area (Å²) in [4.78, 5) is 14.8. The minimum absolute atomic E-state index is 0.255. The molecule has 0 spiro atoms. The molecule has 1 aliphatic rings. The average Bonchev–Trinajstić information content (AvgIpc) is 3.33. The zero-order valence-electron chi connectivity index (χ0n) is 16.7. The van der Waals surface area contributed by atoms with E-state index in [1.165, 1.54) is 17.0 Å². The number of thiocarbonyl (C=S) groups is 1. The first kappa shape index (κ1) is 22.2. The van der Waals surface area contributed by atoms with Crippen LogP contribution in [-0.2, 0) is 6.18 Å². The molecule has 1 saturated heterocycles. The van der Waals surface area contributed by atoms with E-state index in [1.807, 2.05) is 6.92 Å². The zero-order valence-corrected chi connectivity index (χ0v) is 18.3. The van der Waals surface area contributed by atoms with Crippen molar-refractivity contribution in [1.29, 1.82) is 0 Å². The van der Waals surface area contributed by atoms with Crippen molar-refractivity contribution < 1.29 is 27.1 Å². The highest BCUT2D eigenvalue weighted by Gasteiger charge is 2.33. The number of rotatable bonds is 5. The molecule has 1 aromatic heterocycles. The van der Waals surface area contributed by atoms with Crippen LogP contribution in [0.5, 0.6) is 5.75 Å². The Morgan fingerprint density at radius 3 is 2.56 bits per heavy atom. The van der Waals surface area contributed by atoms with Crippen molar-refractivity contribution in [3.63, 3.8) is 0 Å². The Balaban J connectivity index is 1.56. The van der Waals surface area contributed by atoms with Crippen LogP contribution < -0.4 is 9.64 Å². The summed E-state index contributed by atoms with van der Waals surface area (Å²) in [6, 6.07) is 15.1. The number of thioether (sulfide) groups is 1. The molecule has 2 heterocycles. The first-order valence-corrected chi connectivity index (χ1v) is 10.8. The van der Waals surface area contributed by atoms with Gasteiger partial charge in [-0.15, -0.1) is 0 Å². The van der Waals surface area contributed by atoms with Gasteiger partial charge in [0.05, 0.1) is 22.8 Å². The number of hydrogen-bond acceptors (Lipinski definition) is 5. The monoisotopic (exact) mass is 475 g/mol. The van der Waals surface area contributed by atoms with Crippen LogP contribution in [0, 0.1) is 0 Å². The first-order valence-electron chi connectivity index (χ1n) is 9.54. The molecule has 1 amide bonds. The quantitative estimate of drug-likeness (QED) is 0.284. The molecule has 0 atom stereocenters. The summed E-state index contributed by atoms with van der Waals surface area (Å²) >= 11 is 6.44. The maximum absolute atomic E-state index is 13.0. The summed E-state index contributed by atoms with van der Waals surface area (Å²) in [7, 11) is 0. The molecule has 164 valence electrons. The molecule has 9 heteroatoms. The van der Waals surface area contributed by atoms with Crippen LogP contribution in [0.4, 0.5) is 23.7 Å². The summed E-state index contributed by atoms with van der Waals surface area (Å²) < 4.78 is 50.0. The summed E-state index contributed by atoms with van der Waals surface area (Å²) in [5.74, 6) is 1.35. The number of benzene rings is 2. The predicted molar refractivity (Wildman–Crippen MR) is 123 cm³/mol. The van der Waals surface area contributed by atoms with E-state index < -0.39 is 11.7 Å². The molecular weight excluding hydrogens is 459 g/mol. The Kier molecular flexibility index (Phi) is 6.12. The SMILES string of the molecule is CCOc1ccc(N2C(=O)S/C(=C\c3ccc(-c4cccc(C(F)(F)F)c4)o3)C2=S)cc1. The lowest BCUT2D eigenvalue weighted by atomic mass is 10.1. The maximum Gasteiger partial charge on any atom is 0.416 e. The molecule has 0 radical (unpaired) electrons. The van der Waals surface area contributed by atoms with Gasteiger partial charge in [0.15, 0.2) is 0 Å². The standard InChI is InChI=1S/C23H16F3NO3S2/c1-2-29-17-8-6-16(7-9-17)27-21(31)20(32-22(27)28)13-18-10-11-19(30-18)14-4-3-5-15(12-14)23(24,25)26/h3-13H,2H2,1H3/b20-13-. The predicted octanol–water partition coefficient (Wildman–Crippen LogP) is 7.41. The summed E-state index contributed by atoms with van der Waals surface area (Å²) in [6.45, 7) is 2.42. The summed E-state index contributed by atoms with van der Waals surface area (Å²) in [5.41, 5.74) is 0.164. The normalized spacial score (nSPS) is 15.6. The average molecular weight is 476 g/mol. The van der Waals surface area contributed by atoms with Gasteiger partial charge in [-0.05, 0) is 73.3 Å². The van der Waals surface area contributed by atoms with E-state index in [4.69, 9.17) is 21.4 Å². The number of carbonyl (C=O) groups excluding carboxylic acids is 1. The second-order valence-corrected chi connectivity index (χ2v) is 8.10. The Labute approximate surface area is 191 Å². The Bertz CT molecular complexity index is 1200. The van der Waals surface area contributed by atoms with Crippen molar-refractivity contribution in [2.75, 3.05) is 11.5 Å². The molecule has 1 fully saturated rings. The smallest absolute Gasteiger partial charge is 0.416 e. The molecular formula is C23H16F3NO3S2. The molecule has 0 saturated carbocycles. The van der Waals surface area contributed by atoms with Gasteiger partial charge in [0.1, 0.15) is 22.3 Å². The van der Waals surface area contributed by atoms with Gasteiger partial charge in [0.25, 0.3) is 5.24 Å². The number of amides is 1. The molecule has 4 nitrogen and oxygen atoms in total. The van der Waals surface area contributed by atoms with E-state index in [2.05, 4.69) is 0 Å². The van der Waals surface area contributed by atoms with E-state index >= 15 is 0 Å². The number of carbonyl (C=O) groups is 1. The molecule has 0 N–H and O–H groups in total. The van der Waals surface area contributed by atoms with Gasteiger partial charge in [-0.1, -0.05) is 24.4 Å². The van der Waals surface area contributed by atoms with Crippen LogP contribution in [0.1, 0.15) is 18.2 Å². The van der Waals surface area contributed by atoms with Gasteiger partial charge in [-0.25, -0.2) is 0 Å². The Morgan fingerprint density at radius 2 is 1.88 bits per heavy atom. The molecule has 32 heavy (non-hydrogen) atoms. The molecule has 0 aliphatic carbocycles. The van der Waals surface area contributed by atoms with Crippen molar-refractivity contribution in [3.05, 3.63) is 76.9 Å². The maximum atomic E-state index is 13.0. The van der Waals surface area contributed by atoms with Crippen LogP contribution in [0.25, 0.3) is 17.4 Å². The summed E-state index contributed by atoms with van der Waals surface area (Å²) in [6.07, 6.45) is -2.83. The van der Waals surface area contributed by atoms with Crippen molar-refractivity contribution in [2.45, 2.75) is 13.1 Å².